The molecule has 0 aliphatic heterocycles. The smallest absolute Gasteiger partial charge is 0.335 e. The van der Waals surface area contributed by atoms with Gasteiger partial charge in [-0.15, -0.1) is 0 Å². The molecule has 0 saturated heterocycles. The molecular formula is C21H25NO2. The van der Waals surface area contributed by atoms with Crippen molar-refractivity contribution in [2.45, 2.75) is 44.7 Å². The number of hydrogen-bond acceptors (Lipinski definition) is 2. The molecule has 1 fully saturated rings. The van der Waals surface area contributed by atoms with Crippen LogP contribution in [0.15, 0.2) is 54.6 Å². The molecule has 0 radical (unpaired) electrons. The van der Waals surface area contributed by atoms with E-state index in [4.69, 9.17) is 5.11 Å². The second-order valence-electron chi connectivity index (χ2n) is 6.73. The predicted octanol–water partition coefficient (Wildman–Crippen LogP) is 4.28. The number of rotatable bonds is 6. The number of benzene rings is 2. The van der Waals surface area contributed by atoms with Crippen LogP contribution in [0.5, 0.6) is 0 Å². The highest BCUT2D eigenvalue weighted by Gasteiger charge is 2.24. The van der Waals surface area contributed by atoms with Gasteiger partial charge >= 0.3 is 5.97 Å². The Morgan fingerprint density at radius 3 is 2.54 bits per heavy atom. The third kappa shape index (κ3) is 4.45. The summed E-state index contributed by atoms with van der Waals surface area (Å²) in [5.41, 5.74) is 2.81. The van der Waals surface area contributed by atoms with Crippen LogP contribution in [-0.4, -0.2) is 17.1 Å². The van der Waals surface area contributed by atoms with Crippen LogP contribution in [0.1, 0.15) is 47.2 Å². The summed E-state index contributed by atoms with van der Waals surface area (Å²) in [4.78, 5) is 11.1. The van der Waals surface area contributed by atoms with E-state index < -0.39 is 5.97 Å². The molecule has 3 rings (SSSR count). The molecule has 3 heteroatoms. The molecule has 1 saturated carbocycles. The molecular weight excluding hydrogens is 298 g/mol. The highest BCUT2D eigenvalue weighted by Crippen LogP contribution is 2.28. The van der Waals surface area contributed by atoms with Crippen LogP contribution in [0.2, 0.25) is 0 Å². The number of carboxylic acids is 1. The molecule has 126 valence electrons. The van der Waals surface area contributed by atoms with Crippen LogP contribution in [0.25, 0.3) is 0 Å². The summed E-state index contributed by atoms with van der Waals surface area (Å²) in [6, 6.07) is 18.4. The van der Waals surface area contributed by atoms with Crippen LogP contribution in [0.4, 0.5) is 0 Å². The summed E-state index contributed by atoms with van der Waals surface area (Å²) in [5, 5.41) is 12.8. The first-order valence-electron chi connectivity index (χ1n) is 8.82. The van der Waals surface area contributed by atoms with Gasteiger partial charge in [0.2, 0.25) is 0 Å². The normalized spacial score (nSPS) is 20.7. The lowest BCUT2D eigenvalue weighted by molar-refractivity contribution is 0.0696. The molecule has 0 amide bonds. The Balaban J connectivity index is 1.61. The van der Waals surface area contributed by atoms with Gasteiger partial charge in [-0.25, -0.2) is 4.79 Å². The summed E-state index contributed by atoms with van der Waals surface area (Å²) in [5.74, 6) is -0.208. The minimum atomic E-state index is -0.864. The van der Waals surface area contributed by atoms with Crippen molar-refractivity contribution >= 4 is 5.97 Å². The van der Waals surface area contributed by atoms with Crippen molar-refractivity contribution in [2.75, 3.05) is 0 Å². The Labute approximate surface area is 143 Å². The maximum absolute atomic E-state index is 11.1. The Bertz CT molecular complexity index is 669. The zero-order chi connectivity index (χ0) is 16.8. The van der Waals surface area contributed by atoms with Crippen LogP contribution in [0.3, 0.4) is 0 Å². The van der Waals surface area contributed by atoms with Crippen LogP contribution in [-0.2, 0) is 13.0 Å². The third-order valence-corrected chi connectivity index (χ3v) is 4.99. The van der Waals surface area contributed by atoms with Crippen molar-refractivity contribution in [1.82, 2.24) is 5.32 Å². The molecule has 0 heterocycles. The quantitative estimate of drug-likeness (QED) is 0.834. The molecule has 2 atom stereocenters. The molecule has 2 aromatic carbocycles. The molecule has 0 bridgehead atoms. The second kappa shape index (κ2) is 8.11. The number of carboxylic acid groups (broad SMARTS) is 1. The van der Waals surface area contributed by atoms with Gasteiger partial charge < -0.3 is 10.4 Å². The first-order chi connectivity index (χ1) is 11.7. The fourth-order valence-electron chi connectivity index (χ4n) is 3.70. The molecule has 0 spiro atoms. The van der Waals surface area contributed by atoms with Crippen molar-refractivity contribution in [3.8, 4) is 0 Å². The highest BCUT2D eigenvalue weighted by atomic mass is 16.4. The Kier molecular flexibility index (Phi) is 5.65. The maximum atomic E-state index is 11.1. The van der Waals surface area contributed by atoms with E-state index in [2.05, 4.69) is 35.6 Å². The standard InChI is InChI=1S/C21H25NO2/c23-21(24)19-11-6-9-17(14-19)15-22-20-12-5-4-10-18(20)13-16-7-2-1-3-8-16/h1-3,6-9,11,14,18,20,22H,4-5,10,12-13,15H2,(H,23,24). The van der Waals surface area contributed by atoms with E-state index in [1.165, 1.54) is 31.2 Å². The number of nitrogens with one attached hydrogen (secondary N) is 1. The lowest BCUT2D eigenvalue weighted by atomic mass is 9.80. The van der Waals surface area contributed by atoms with Gasteiger partial charge in [0.05, 0.1) is 5.56 Å². The van der Waals surface area contributed by atoms with Gasteiger partial charge in [-0.2, -0.15) is 0 Å². The van der Waals surface area contributed by atoms with Crippen LogP contribution < -0.4 is 5.32 Å². The molecule has 1 aliphatic carbocycles. The number of aromatic carboxylic acids is 1. The summed E-state index contributed by atoms with van der Waals surface area (Å²) < 4.78 is 0. The van der Waals surface area contributed by atoms with Crippen LogP contribution >= 0.6 is 0 Å². The third-order valence-electron chi connectivity index (χ3n) is 4.99. The van der Waals surface area contributed by atoms with Crippen molar-refractivity contribution in [1.29, 1.82) is 0 Å². The number of hydrogen-bond donors (Lipinski definition) is 2. The summed E-state index contributed by atoms with van der Waals surface area (Å²) in [6.45, 7) is 0.733. The topological polar surface area (TPSA) is 49.3 Å². The van der Waals surface area contributed by atoms with E-state index in [9.17, 15) is 4.79 Å². The van der Waals surface area contributed by atoms with E-state index in [1.807, 2.05) is 12.1 Å². The van der Waals surface area contributed by atoms with Gasteiger partial charge in [-0.05, 0) is 48.4 Å². The minimum absolute atomic E-state index is 0.360. The van der Waals surface area contributed by atoms with Crippen molar-refractivity contribution in [2.24, 2.45) is 5.92 Å². The Morgan fingerprint density at radius 2 is 1.75 bits per heavy atom. The van der Waals surface area contributed by atoms with Gasteiger partial charge in [0.25, 0.3) is 0 Å². The van der Waals surface area contributed by atoms with Gasteiger partial charge in [-0.1, -0.05) is 55.3 Å². The van der Waals surface area contributed by atoms with E-state index >= 15 is 0 Å². The van der Waals surface area contributed by atoms with Gasteiger partial charge in [0.1, 0.15) is 0 Å². The molecule has 2 aromatic rings. The number of carbonyl (C=O) groups is 1. The fourth-order valence-corrected chi connectivity index (χ4v) is 3.70. The average molecular weight is 323 g/mol. The fraction of sp³-hybridized carbons (Fsp3) is 0.381. The average Bonchev–Trinajstić information content (AvgIpc) is 2.62. The van der Waals surface area contributed by atoms with Crippen molar-refractivity contribution < 1.29 is 9.90 Å². The van der Waals surface area contributed by atoms with E-state index in [1.54, 1.807) is 12.1 Å². The first-order valence-corrected chi connectivity index (χ1v) is 8.82. The monoisotopic (exact) mass is 323 g/mol. The maximum Gasteiger partial charge on any atom is 0.335 e. The molecule has 3 nitrogen and oxygen atoms in total. The molecule has 2 N–H and O–H groups in total. The molecule has 0 aromatic heterocycles. The van der Waals surface area contributed by atoms with Crippen molar-refractivity contribution in [3.05, 3.63) is 71.3 Å². The Morgan fingerprint density at radius 1 is 1.00 bits per heavy atom. The van der Waals surface area contributed by atoms with Gasteiger partial charge in [0.15, 0.2) is 0 Å². The summed E-state index contributed by atoms with van der Waals surface area (Å²) >= 11 is 0. The lowest BCUT2D eigenvalue weighted by Crippen LogP contribution is -2.39. The Hall–Kier alpha value is -2.13. The van der Waals surface area contributed by atoms with Gasteiger partial charge in [0, 0.05) is 12.6 Å². The molecule has 2 unspecified atom stereocenters. The molecule has 24 heavy (non-hydrogen) atoms. The summed E-state index contributed by atoms with van der Waals surface area (Å²) in [6.07, 6.45) is 6.17. The second-order valence-corrected chi connectivity index (χ2v) is 6.73. The van der Waals surface area contributed by atoms with E-state index in [0.717, 1.165) is 18.5 Å². The SMILES string of the molecule is O=C(O)c1cccc(CNC2CCCCC2Cc2ccccc2)c1. The van der Waals surface area contributed by atoms with Gasteiger partial charge in [-0.3, -0.25) is 0 Å². The zero-order valence-electron chi connectivity index (χ0n) is 13.9. The van der Waals surface area contributed by atoms with Crippen LogP contribution in [0, 0.1) is 5.92 Å². The van der Waals surface area contributed by atoms with Crippen molar-refractivity contribution in [3.63, 3.8) is 0 Å². The summed E-state index contributed by atoms with van der Waals surface area (Å²) in [7, 11) is 0. The highest BCUT2D eigenvalue weighted by molar-refractivity contribution is 5.87. The predicted molar refractivity (Wildman–Crippen MR) is 96.1 cm³/mol. The van der Waals surface area contributed by atoms with E-state index in [-0.39, 0.29) is 0 Å². The largest absolute Gasteiger partial charge is 0.478 e. The zero-order valence-corrected chi connectivity index (χ0v) is 13.9. The minimum Gasteiger partial charge on any atom is -0.478 e. The molecule has 1 aliphatic rings. The first kappa shape index (κ1) is 16.7. The van der Waals surface area contributed by atoms with E-state index in [0.29, 0.717) is 17.5 Å². The lowest BCUT2D eigenvalue weighted by Gasteiger charge is -2.32.